The first-order chi connectivity index (χ1) is 8.17. The molecule has 0 atom stereocenters. The summed E-state index contributed by atoms with van der Waals surface area (Å²) in [5.41, 5.74) is 0.468. The van der Waals surface area contributed by atoms with Crippen LogP contribution in [0.5, 0.6) is 0 Å². The number of hydrogen-bond donors (Lipinski definition) is 1. The molecule has 0 aromatic carbocycles. The van der Waals surface area contributed by atoms with Gasteiger partial charge in [-0.2, -0.15) is 0 Å². The zero-order valence-electron chi connectivity index (χ0n) is 9.79. The highest BCUT2D eigenvalue weighted by molar-refractivity contribution is 6.19. The Morgan fingerprint density at radius 2 is 2.24 bits per heavy atom. The highest BCUT2D eigenvalue weighted by Gasteiger charge is 2.34. The molecule has 0 aliphatic carbocycles. The van der Waals surface area contributed by atoms with Crippen molar-refractivity contribution >= 4 is 17.5 Å². The van der Waals surface area contributed by atoms with Gasteiger partial charge in [0, 0.05) is 24.7 Å². The van der Waals surface area contributed by atoms with E-state index in [0.29, 0.717) is 24.9 Å². The maximum atomic E-state index is 12.1. The number of carbonyl (C=O) groups is 1. The quantitative estimate of drug-likeness (QED) is 0.844. The molecule has 94 valence electrons. The fraction of sp³-hybridized carbons (Fsp3) is 0.583. The summed E-state index contributed by atoms with van der Waals surface area (Å²) in [5, 5.41) is 2.98. The molecular weight excluding hydrogens is 242 g/mol. The Morgan fingerprint density at radius 1 is 1.53 bits per heavy atom. The van der Waals surface area contributed by atoms with Crippen LogP contribution in [-0.4, -0.2) is 30.5 Å². The number of aryl methyl sites for hydroxylation is 1. The van der Waals surface area contributed by atoms with Crippen molar-refractivity contribution in [3.8, 4) is 0 Å². The Morgan fingerprint density at radius 3 is 2.76 bits per heavy atom. The van der Waals surface area contributed by atoms with Crippen LogP contribution < -0.4 is 5.32 Å². The molecular formula is C12H16ClNO3. The third-order valence-electron chi connectivity index (χ3n) is 3.15. The van der Waals surface area contributed by atoms with Gasteiger partial charge in [-0.15, -0.1) is 11.6 Å². The summed E-state index contributed by atoms with van der Waals surface area (Å²) in [6, 6.07) is 1.77. The van der Waals surface area contributed by atoms with Gasteiger partial charge in [-0.25, -0.2) is 0 Å². The van der Waals surface area contributed by atoms with Gasteiger partial charge in [-0.1, -0.05) is 0 Å². The van der Waals surface area contributed by atoms with Crippen LogP contribution in [0.3, 0.4) is 0 Å². The molecule has 5 heteroatoms. The zero-order chi connectivity index (χ0) is 12.3. The Balaban J connectivity index is 2.08. The second kappa shape index (κ2) is 5.10. The first-order valence-corrected chi connectivity index (χ1v) is 6.21. The number of rotatable bonds is 3. The Labute approximate surface area is 105 Å². The molecule has 0 radical (unpaired) electrons. The van der Waals surface area contributed by atoms with E-state index < -0.39 is 0 Å². The van der Waals surface area contributed by atoms with Crippen molar-refractivity contribution in [3.05, 3.63) is 23.7 Å². The molecule has 1 amide bonds. The molecule has 0 unspecified atom stereocenters. The van der Waals surface area contributed by atoms with Crippen LogP contribution in [0.1, 0.15) is 29.0 Å². The first-order valence-electron chi connectivity index (χ1n) is 5.67. The Kier molecular flexibility index (Phi) is 3.74. The van der Waals surface area contributed by atoms with Crippen molar-refractivity contribution in [1.82, 2.24) is 5.32 Å². The number of nitrogens with one attached hydrogen (secondary N) is 1. The maximum Gasteiger partial charge on any atom is 0.287 e. The van der Waals surface area contributed by atoms with Gasteiger partial charge in [0.25, 0.3) is 5.91 Å². The molecule has 1 aliphatic heterocycles. The van der Waals surface area contributed by atoms with Crippen LogP contribution >= 0.6 is 11.6 Å². The summed E-state index contributed by atoms with van der Waals surface area (Å²) in [7, 11) is 0. The highest BCUT2D eigenvalue weighted by Crippen LogP contribution is 2.23. The largest absolute Gasteiger partial charge is 0.459 e. The number of furan rings is 1. The van der Waals surface area contributed by atoms with Crippen LogP contribution in [0, 0.1) is 6.92 Å². The van der Waals surface area contributed by atoms with Gasteiger partial charge < -0.3 is 14.5 Å². The van der Waals surface area contributed by atoms with E-state index in [-0.39, 0.29) is 11.4 Å². The molecule has 1 aromatic heterocycles. The number of amides is 1. The van der Waals surface area contributed by atoms with E-state index in [2.05, 4.69) is 5.32 Å². The fourth-order valence-electron chi connectivity index (χ4n) is 1.96. The molecule has 4 nitrogen and oxygen atoms in total. The average molecular weight is 258 g/mol. The van der Waals surface area contributed by atoms with E-state index in [0.717, 1.165) is 18.4 Å². The van der Waals surface area contributed by atoms with E-state index in [9.17, 15) is 4.79 Å². The van der Waals surface area contributed by atoms with Gasteiger partial charge >= 0.3 is 0 Å². The minimum Gasteiger partial charge on any atom is -0.459 e. The number of alkyl halides is 1. The number of ether oxygens (including phenoxy) is 1. The Bertz CT molecular complexity index is 396. The molecule has 1 N–H and O–H groups in total. The Hall–Kier alpha value is -1.00. The highest BCUT2D eigenvalue weighted by atomic mass is 35.5. The van der Waals surface area contributed by atoms with Crippen LogP contribution in [0.2, 0.25) is 0 Å². The molecule has 0 saturated carbocycles. The molecule has 1 saturated heterocycles. The summed E-state index contributed by atoms with van der Waals surface area (Å²) in [4.78, 5) is 12.1. The number of halogens is 1. The van der Waals surface area contributed by atoms with Gasteiger partial charge in [-0.3, -0.25) is 4.79 Å². The minimum absolute atomic E-state index is 0.199. The molecule has 1 fully saturated rings. The summed E-state index contributed by atoms with van der Waals surface area (Å²) in [6.45, 7) is 3.10. The lowest BCUT2D eigenvalue weighted by Crippen LogP contribution is -2.53. The van der Waals surface area contributed by atoms with E-state index in [1.807, 2.05) is 6.92 Å². The number of hydrogen-bond acceptors (Lipinski definition) is 3. The maximum absolute atomic E-state index is 12.1. The molecule has 2 heterocycles. The molecule has 17 heavy (non-hydrogen) atoms. The van der Waals surface area contributed by atoms with Gasteiger partial charge in [-0.05, 0) is 25.8 Å². The predicted molar refractivity (Wildman–Crippen MR) is 64.4 cm³/mol. The third-order valence-corrected chi connectivity index (χ3v) is 3.66. The van der Waals surface area contributed by atoms with E-state index in [1.165, 1.54) is 6.26 Å². The zero-order valence-corrected chi connectivity index (χ0v) is 10.5. The second-order valence-electron chi connectivity index (χ2n) is 4.41. The molecule has 1 aromatic rings. The van der Waals surface area contributed by atoms with Crippen molar-refractivity contribution in [1.29, 1.82) is 0 Å². The van der Waals surface area contributed by atoms with Crippen molar-refractivity contribution in [2.75, 3.05) is 19.1 Å². The average Bonchev–Trinajstić information content (AvgIpc) is 2.77. The second-order valence-corrected chi connectivity index (χ2v) is 4.68. The molecule has 2 rings (SSSR count). The smallest absolute Gasteiger partial charge is 0.287 e. The molecule has 0 bridgehead atoms. The number of carbonyl (C=O) groups excluding carboxylic acids is 1. The fourth-order valence-corrected chi connectivity index (χ4v) is 2.29. The van der Waals surface area contributed by atoms with Gasteiger partial charge in [0.05, 0.1) is 11.8 Å². The van der Waals surface area contributed by atoms with Crippen molar-refractivity contribution in [2.24, 2.45) is 0 Å². The van der Waals surface area contributed by atoms with E-state index in [1.54, 1.807) is 6.07 Å². The van der Waals surface area contributed by atoms with Crippen molar-refractivity contribution in [2.45, 2.75) is 25.3 Å². The lowest BCUT2D eigenvalue weighted by Gasteiger charge is -2.36. The van der Waals surface area contributed by atoms with Gasteiger partial charge in [0.15, 0.2) is 5.76 Å². The predicted octanol–water partition coefficient (Wildman–Crippen LogP) is 2.11. The molecule has 0 spiro atoms. The van der Waals surface area contributed by atoms with Crippen LogP contribution in [0.15, 0.2) is 16.7 Å². The van der Waals surface area contributed by atoms with Crippen LogP contribution in [-0.2, 0) is 4.74 Å². The minimum atomic E-state index is -0.365. The van der Waals surface area contributed by atoms with Crippen LogP contribution in [0.25, 0.3) is 0 Å². The first kappa shape index (κ1) is 12.5. The molecule has 1 aliphatic rings. The van der Waals surface area contributed by atoms with E-state index in [4.69, 9.17) is 20.8 Å². The monoisotopic (exact) mass is 257 g/mol. The lowest BCUT2D eigenvalue weighted by molar-refractivity contribution is 0.0425. The summed E-state index contributed by atoms with van der Waals surface area (Å²) < 4.78 is 10.5. The van der Waals surface area contributed by atoms with Gasteiger partial charge in [0.2, 0.25) is 0 Å². The summed E-state index contributed by atoms with van der Waals surface area (Å²) >= 11 is 5.98. The van der Waals surface area contributed by atoms with Crippen molar-refractivity contribution in [3.63, 3.8) is 0 Å². The topological polar surface area (TPSA) is 51.5 Å². The SMILES string of the molecule is Cc1ccoc1C(=O)NC1(CCl)CCOCC1. The van der Waals surface area contributed by atoms with Crippen molar-refractivity contribution < 1.29 is 13.9 Å². The summed E-state index contributed by atoms with van der Waals surface area (Å²) in [5.74, 6) is 0.554. The van der Waals surface area contributed by atoms with Gasteiger partial charge in [0.1, 0.15) is 0 Å². The standard InChI is InChI=1S/C12H16ClNO3/c1-9-2-5-17-10(9)11(15)14-12(8-13)3-6-16-7-4-12/h2,5H,3-4,6-8H2,1H3,(H,14,15). The third kappa shape index (κ3) is 2.64. The lowest BCUT2D eigenvalue weighted by atomic mass is 9.92. The normalized spacial score (nSPS) is 18.9. The van der Waals surface area contributed by atoms with Crippen LogP contribution in [0.4, 0.5) is 0 Å². The summed E-state index contributed by atoms with van der Waals surface area (Å²) in [6.07, 6.45) is 2.99. The van der Waals surface area contributed by atoms with E-state index >= 15 is 0 Å².